The van der Waals surface area contributed by atoms with Gasteiger partial charge in [-0.25, -0.2) is 0 Å². The zero-order chi connectivity index (χ0) is 57.9. The number of benzene rings is 14. The van der Waals surface area contributed by atoms with Crippen LogP contribution in [0.5, 0.6) is 0 Å². The Hall–Kier alpha value is -9.19. The lowest BCUT2D eigenvalue weighted by Crippen LogP contribution is -2.49. The lowest BCUT2D eigenvalue weighted by atomic mass is 9.80. The topological polar surface area (TPSA) is 0 Å². The van der Waals surface area contributed by atoms with Gasteiger partial charge in [0.05, 0.1) is 0 Å². The predicted molar refractivity (Wildman–Crippen MR) is 375 cm³/mol. The van der Waals surface area contributed by atoms with Gasteiger partial charge in [-0.15, -0.1) is 0 Å². The van der Waals surface area contributed by atoms with E-state index >= 15 is 0 Å². The Bertz CT molecular complexity index is 4960. The third-order valence-electron chi connectivity index (χ3n) is 21.7. The normalized spacial score (nSPS) is 15.6. The number of hydrogen-bond acceptors (Lipinski definition) is 0. The summed E-state index contributed by atoms with van der Waals surface area (Å²) in [5.74, 6) is 0. The maximum atomic E-state index is 2.61. The first-order valence-corrected chi connectivity index (χ1v) is 37.0. The van der Waals surface area contributed by atoms with E-state index in [2.05, 4.69) is 297 Å². The van der Waals surface area contributed by atoms with Gasteiger partial charge in [-0.3, -0.25) is 0 Å². The van der Waals surface area contributed by atoms with Crippen LogP contribution in [-0.2, 0) is 10.8 Å². The summed E-state index contributed by atoms with van der Waals surface area (Å²) in [6, 6.07) is 94.5. The minimum Gasteiger partial charge on any atom is -0.0619 e. The smallest absolute Gasteiger partial charge is 0.0619 e. The Morgan fingerprint density at radius 1 is 0.209 bits per heavy atom. The molecule has 0 bridgehead atoms. The summed E-state index contributed by atoms with van der Waals surface area (Å²) in [6.07, 6.45) is 0. The van der Waals surface area contributed by atoms with E-state index in [-0.39, 0.29) is 10.8 Å². The molecule has 0 amide bonds. The van der Waals surface area contributed by atoms with Crippen molar-refractivity contribution in [2.45, 2.75) is 64.7 Å². The van der Waals surface area contributed by atoms with Crippen molar-refractivity contribution in [2.75, 3.05) is 0 Å². The van der Waals surface area contributed by atoms with Gasteiger partial charge < -0.3 is 0 Å². The molecule has 4 aliphatic rings. The summed E-state index contributed by atoms with van der Waals surface area (Å²) in [5, 5.41) is 19.4. The molecule has 2 aliphatic carbocycles. The van der Waals surface area contributed by atoms with Crippen molar-refractivity contribution < 1.29 is 0 Å². The van der Waals surface area contributed by atoms with Crippen molar-refractivity contribution in [1.82, 2.24) is 0 Å². The third-order valence-corrected chi connectivity index (χ3v) is 28.7. The Morgan fingerprint density at radius 2 is 0.465 bits per heavy atom. The second-order valence-electron chi connectivity index (χ2n) is 27.4. The highest BCUT2D eigenvalue weighted by atomic mass is 28.3. The van der Waals surface area contributed by atoms with Gasteiger partial charge in [-0.1, -0.05) is 284 Å². The molecule has 0 unspecified atom stereocenters. The molecule has 0 saturated carbocycles. The molecule has 14 aromatic rings. The van der Waals surface area contributed by atoms with E-state index in [4.69, 9.17) is 0 Å². The van der Waals surface area contributed by atoms with Gasteiger partial charge in [0.15, 0.2) is 0 Å². The molecule has 0 aromatic heterocycles. The van der Waals surface area contributed by atoms with Crippen LogP contribution in [0, 0.1) is 0 Å². The monoisotopic (exact) mass is 1130 g/mol. The molecule has 0 spiro atoms. The van der Waals surface area contributed by atoms with E-state index in [0.717, 1.165) is 0 Å². The maximum Gasteiger partial charge on any atom is 0.113 e. The van der Waals surface area contributed by atoms with Crippen LogP contribution < -0.4 is 20.7 Å². The van der Waals surface area contributed by atoms with Crippen LogP contribution in [-0.4, -0.2) is 16.1 Å². The zero-order valence-electron chi connectivity index (χ0n) is 50.1. The second kappa shape index (κ2) is 17.3. The van der Waals surface area contributed by atoms with E-state index in [1.807, 2.05) is 0 Å². The fourth-order valence-corrected chi connectivity index (χ4v) is 23.6. The van der Waals surface area contributed by atoms with Gasteiger partial charge in [0.25, 0.3) is 0 Å². The van der Waals surface area contributed by atoms with E-state index in [0.29, 0.717) is 0 Å². The molecule has 2 heteroatoms. The van der Waals surface area contributed by atoms with Crippen molar-refractivity contribution >= 4 is 90.8 Å². The fraction of sp³-hybridized carbons (Fsp3) is 0.119. The van der Waals surface area contributed by atoms with Gasteiger partial charge in [0.2, 0.25) is 0 Å². The van der Waals surface area contributed by atoms with Crippen LogP contribution in [0.4, 0.5) is 0 Å². The van der Waals surface area contributed by atoms with Crippen molar-refractivity contribution in [1.29, 1.82) is 0 Å². The van der Waals surface area contributed by atoms with Crippen LogP contribution in [0.3, 0.4) is 0 Å². The van der Waals surface area contributed by atoms with Crippen LogP contribution in [0.2, 0.25) is 26.2 Å². The highest BCUT2D eigenvalue weighted by Crippen LogP contribution is 2.54. The van der Waals surface area contributed by atoms with Crippen LogP contribution in [0.15, 0.2) is 243 Å². The fourth-order valence-electron chi connectivity index (χ4n) is 17.4. The molecule has 14 aromatic carbocycles. The summed E-state index contributed by atoms with van der Waals surface area (Å²) in [5.41, 5.74) is 27.1. The van der Waals surface area contributed by atoms with E-state index < -0.39 is 16.1 Å². The van der Waals surface area contributed by atoms with Crippen molar-refractivity contribution in [2.24, 2.45) is 0 Å². The first-order chi connectivity index (χ1) is 41.7. The second-order valence-corrected chi connectivity index (χ2v) is 36.0. The molecule has 0 fully saturated rings. The lowest BCUT2D eigenvalue weighted by molar-refractivity contribution is 0.660. The molecule has 0 radical (unpaired) electrons. The van der Waals surface area contributed by atoms with Gasteiger partial charge in [0.1, 0.15) is 16.1 Å². The Balaban J connectivity index is 0.760. The predicted octanol–water partition coefficient (Wildman–Crippen LogP) is 20.3. The quantitative estimate of drug-likeness (QED) is 0.122. The molecule has 2 heterocycles. The number of hydrogen-bond donors (Lipinski definition) is 0. The zero-order valence-corrected chi connectivity index (χ0v) is 52.1. The maximum absolute atomic E-state index is 2.61. The van der Waals surface area contributed by atoms with Gasteiger partial charge in [-0.2, -0.15) is 0 Å². The SMILES string of the molecule is CC1(C)c2ccccc2-c2ccc(-c3c4ccccc4c(-c4ccc5c(c4)[Si](C)(C)c4ccc6c7c(ccc6c4-5)[Si](C)(C)c4cc(-c5c6ccccc6c(-c6ccc8c(c6)C(C)(C)c6ccccc6-8)c6ccccc56)ccc4-7)c4ccccc34)cc21. The molecule has 18 rings (SSSR count). The minimum absolute atomic E-state index is 0.0808. The summed E-state index contributed by atoms with van der Waals surface area (Å²) >= 11 is 0. The largest absolute Gasteiger partial charge is 0.113 e. The molecular weight excluding hydrogens is 1070 g/mol. The van der Waals surface area contributed by atoms with Crippen molar-refractivity contribution in [3.8, 4) is 89.0 Å². The van der Waals surface area contributed by atoms with Crippen LogP contribution in [0.25, 0.3) is 143 Å². The summed E-state index contributed by atoms with van der Waals surface area (Å²) in [4.78, 5) is 0. The number of rotatable bonds is 4. The van der Waals surface area contributed by atoms with Gasteiger partial charge in [-0.05, 0) is 198 Å². The lowest BCUT2D eigenvalue weighted by Gasteiger charge is -2.23. The van der Waals surface area contributed by atoms with E-state index in [1.165, 1.54) is 176 Å². The van der Waals surface area contributed by atoms with Gasteiger partial charge in [0, 0.05) is 10.8 Å². The molecule has 0 saturated heterocycles. The van der Waals surface area contributed by atoms with E-state index in [9.17, 15) is 0 Å². The molecule has 0 nitrogen and oxygen atoms in total. The molecule has 408 valence electrons. The highest BCUT2D eigenvalue weighted by Gasteiger charge is 2.43. The first kappa shape index (κ1) is 50.2. The summed E-state index contributed by atoms with van der Waals surface area (Å²) in [7, 11) is -4.34. The molecule has 2 aliphatic heterocycles. The molecular formula is C84H64Si2. The van der Waals surface area contributed by atoms with Crippen LogP contribution >= 0.6 is 0 Å². The van der Waals surface area contributed by atoms with Crippen molar-refractivity contribution in [3.63, 3.8) is 0 Å². The van der Waals surface area contributed by atoms with Crippen LogP contribution in [0.1, 0.15) is 49.9 Å². The summed E-state index contributed by atoms with van der Waals surface area (Å²) in [6.45, 7) is 19.9. The average molecular weight is 1130 g/mol. The third kappa shape index (κ3) is 6.48. The molecule has 86 heavy (non-hydrogen) atoms. The Kier molecular flexibility index (Phi) is 10.1. The highest BCUT2D eigenvalue weighted by molar-refractivity contribution is 7.05. The first-order valence-electron chi connectivity index (χ1n) is 31.0. The van der Waals surface area contributed by atoms with Crippen molar-refractivity contribution in [3.05, 3.63) is 265 Å². The van der Waals surface area contributed by atoms with E-state index in [1.54, 1.807) is 10.4 Å². The summed E-state index contributed by atoms with van der Waals surface area (Å²) < 4.78 is 0. The van der Waals surface area contributed by atoms with Gasteiger partial charge >= 0.3 is 0 Å². The average Bonchev–Trinajstić information content (AvgIpc) is 1.61. The Labute approximate surface area is 506 Å². The standard InChI is InChI=1S/C84H64Si2/c1-83(2)69-31-19-17-21-53(69)55-37-33-49(45-71(55)83)77-57-23-9-13-27-61(57)79(62-28-14-10-24-58(62)77)51-35-39-67-75(47-51)85(5,6)73-43-41-66-65(81(67)73)42-44-74-82(66)68-40-36-52(48-76(68)86(74,7)8)80-63-29-15-11-25-59(63)78(60-26-12-16-30-64(60)80)50-34-38-56-54-22-18-20-32-70(54)84(3,4)72(56)46-50/h9-48H,1-8H3. The Morgan fingerprint density at radius 3 is 0.791 bits per heavy atom. The molecule has 0 atom stereocenters. The minimum atomic E-state index is -2.17. The molecule has 0 N–H and O–H groups in total. The number of fused-ring (bicyclic) bond motifs is 19.